The largest absolute Gasteiger partial charge is 0.493 e. The van der Waals surface area contributed by atoms with E-state index in [9.17, 15) is 4.79 Å². The average molecular weight is 307 g/mol. The molecule has 118 valence electrons. The number of carbonyl (C=O) groups is 1. The molecule has 0 spiro atoms. The Morgan fingerprint density at radius 3 is 3.05 bits per heavy atom. The summed E-state index contributed by atoms with van der Waals surface area (Å²) in [6.45, 7) is 2.26. The number of methoxy groups -OCH3 is 1. The monoisotopic (exact) mass is 307 g/mol. The van der Waals surface area contributed by atoms with Gasteiger partial charge in [-0.3, -0.25) is 0 Å². The third-order valence-corrected chi connectivity index (χ3v) is 3.43. The molecule has 0 saturated heterocycles. The number of rotatable bonds is 5. The van der Waals surface area contributed by atoms with Crippen molar-refractivity contribution in [3.05, 3.63) is 17.7 Å². The van der Waals surface area contributed by atoms with Gasteiger partial charge in [0.25, 0.3) is 0 Å². The first-order valence-electron chi connectivity index (χ1n) is 7.07. The van der Waals surface area contributed by atoms with Gasteiger partial charge in [-0.2, -0.15) is 0 Å². The first-order valence-corrected chi connectivity index (χ1v) is 7.07. The predicted molar refractivity (Wildman–Crippen MR) is 76.4 cm³/mol. The lowest BCUT2D eigenvalue weighted by Crippen LogP contribution is -2.19. The number of fused-ring (bicyclic) bond motifs is 1. The minimum Gasteiger partial charge on any atom is -0.493 e. The van der Waals surface area contributed by atoms with Crippen molar-refractivity contribution < 1.29 is 28.6 Å². The van der Waals surface area contributed by atoms with E-state index in [0.29, 0.717) is 42.4 Å². The number of carbonyl (C=O) groups excluding carboxylic acids is 1. The lowest BCUT2D eigenvalue weighted by molar-refractivity contribution is -0.135. The van der Waals surface area contributed by atoms with Crippen LogP contribution in [0.1, 0.15) is 18.9 Å². The number of oxime groups is 1. The van der Waals surface area contributed by atoms with E-state index in [1.165, 1.54) is 0 Å². The molecule has 2 aliphatic rings. The third-order valence-electron chi connectivity index (χ3n) is 3.43. The molecule has 2 heterocycles. The van der Waals surface area contributed by atoms with Crippen LogP contribution in [0.5, 0.6) is 17.2 Å². The van der Waals surface area contributed by atoms with Gasteiger partial charge in [0, 0.05) is 12.8 Å². The van der Waals surface area contributed by atoms with Crippen LogP contribution >= 0.6 is 0 Å². The molecule has 22 heavy (non-hydrogen) atoms. The van der Waals surface area contributed by atoms with Crippen LogP contribution in [0.4, 0.5) is 0 Å². The molecular weight excluding hydrogens is 290 g/mol. The molecule has 0 fully saturated rings. The number of hydrogen-bond donors (Lipinski definition) is 0. The Bertz CT molecular complexity index is 612. The minimum absolute atomic E-state index is 0.186. The van der Waals surface area contributed by atoms with Gasteiger partial charge in [-0.25, -0.2) is 4.79 Å². The molecule has 2 aliphatic heterocycles. The maximum Gasteiger partial charge on any atom is 0.356 e. The molecule has 1 aromatic rings. The van der Waals surface area contributed by atoms with E-state index in [0.717, 1.165) is 5.56 Å². The van der Waals surface area contributed by atoms with Crippen LogP contribution in [-0.4, -0.2) is 38.3 Å². The smallest absolute Gasteiger partial charge is 0.356 e. The highest BCUT2D eigenvalue weighted by atomic mass is 16.7. The molecule has 0 N–H and O–H groups in total. The summed E-state index contributed by atoms with van der Waals surface area (Å²) in [5.41, 5.74) is 1.28. The number of hydrogen-bond acceptors (Lipinski definition) is 7. The summed E-state index contributed by atoms with van der Waals surface area (Å²) in [7, 11) is 1.58. The van der Waals surface area contributed by atoms with Gasteiger partial charge in [-0.05, 0) is 24.6 Å². The normalized spacial score (nSPS) is 18.6. The van der Waals surface area contributed by atoms with Crippen LogP contribution in [0.25, 0.3) is 0 Å². The van der Waals surface area contributed by atoms with Crippen molar-refractivity contribution in [3.63, 3.8) is 0 Å². The van der Waals surface area contributed by atoms with Gasteiger partial charge in [-0.15, -0.1) is 0 Å². The van der Waals surface area contributed by atoms with Crippen LogP contribution in [0.3, 0.4) is 0 Å². The summed E-state index contributed by atoms with van der Waals surface area (Å²) in [5, 5.41) is 3.80. The van der Waals surface area contributed by atoms with Crippen molar-refractivity contribution in [3.8, 4) is 17.2 Å². The molecule has 0 radical (unpaired) electrons. The molecule has 7 nitrogen and oxygen atoms in total. The second kappa shape index (κ2) is 6.13. The van der Waals surface area contributed by atoms with Crippen LogP contribution in [0, 0.1) is 0 Å². The first kappa shape index (κ1) is 14.5. The number of nitrogens with zero attached hydrogens (tertiary/aromatic N) is 1. The zero-order chi connectivity index (χ0) is 15.5. The summed E-state index contributed by atoms with van der Waals surface area (Å²) >= 11 is 0. The molecule has 0 aromatic heterocycles. The lowest BCUT2D eigenvalue weighted by atomic mass is 10.0. The van der Waals surface area contributed by atoms with Crippen molar-refractivity contribution in [1.82, 2.24) is 0 Å². The van der Waals surface area contributed by atoms with Gasteiger partial charge < -0.3 is 23.8 Å². The SMILES string of the molecule is CCOC(=O)C1=NO[C@@H](Cc2cc(OC)c3c(c2)OCO3)C1. The molecule has 0 bridgehead atoms. The highest BCUT2D eigenvalue weighted by molar-refractivity contribution is 6.36. The Morgan fingerprint density at radius 1 is 1.41 bits per heavy atom. The molecular formula is C15H17NO6. The van der Waals surface area contributed by atoms with Crippen molar-refractivity contribution in [2.24, 2.45) is 5.16 Å². The van der Waals surface area contributed by atoms with E-state index in [4.69, 9.17) is 23.8 Å². The van der Waals surface area contributed by atoms with Crippen molar-refractivity contribution in [2.75, 3.05) is 20.5 Å². The van der Waals surface area contributed by atoms with Gasteiger partial charge in [0.1, 0.15) is 6.10 Å². The topological polar surface area (TPSA) is 75.6 Å². The molecule has 0 aliphatic carbocycles. The van der Waals surface area contributed by atoms with E-state index in [-0.39, 0.29) is 12.9 Å². The Labute approximate surface area is 127 Å². The minimum atomic E-state index is -0.423. The zero-order valence-electron chi connectivity index (χ0n) is 12.5. The summed E-state index contributed by atoms with van der Waals surface area (Å²) < 4.78 is 21.0. The lowest BCUT2D eigenvalue weighted by Gasteiger charge is -2.11. The second-order valence-corrected chi connectivity index (χ2v) is 4.93. The Morgan fingerprint density at radius 2 is 2.27 bits per heavy atom. The summed E-state index contributed by atoms with van der Waals surface area (Å²) in [4.78, 5) is 16.9. The number of ether oxygens (including phenoxy) is 4. The standard InChI is InChI=1S/C15H17NO6/c1-3-19-15(17)11-7-10(22-16-11)4-9-5-12(18-2)14-13(6-9)20-8-21-14/h5-6,10H,3-4,7-8H2,1-2H3/t10-/m0/s1. The average Bonchev–Trinajstić information content (AvgIpc) is 3.15. The second-order valence-electron chi connectivity index (χ2n) is 4.93. The van der Waals surface area contributed by atoms with Crippen molar-refractivity contribution in [1.29, 1.82) is 0 Å². The van der Waals surface area contributed by atoms with Gasteiger partial charge in [-0.1, -0.05) is 5.16 Å². The van der Waals surface area contributed by atoms with Crippen LogP contribution < -0.4 is 14.2 Å². The van der Waals surface area contributed by atoms with Crippen molar-refractivity contribution in [2.45, 2.75) is 25.9 Å². The molecule has 0 amide bonds. The van der Waals surface area contributed by atoms with E-state index in [1.54, 1.807) is 14.0 Å². The summed E-state index contributed by atoms with van der Waals surface area (Å²) in [5.74, 6) is 1.46. The first-order chi connectivity index (χ1) is 10.7. The van der Waals surface area contributed by atoms with Gasteiger partial charge in [0.05, 0.1) is 13.7 Å². The fourth-order valence-corrected chi connectivity index (χ4v) is 2.44. The Kier molecular flexibility index (Phi) is 4.04. The molecule has 7 heteroatoms. The number of benzene rings is 1. The molecule has 1 atom stereocenters. The zero-order valence-corrected chi connectivity index (χ0v) is 12.5. The van der Waals surface area contributed by atoms with Gasteiger partial charge >= 0.3 is 5.97 Å². The molecule has 0 saturated carbocycles. The molecule has 1 aromatic carbocycles. The van der Waals surface area contributed by atoms with Crippen LogP contribution in [-0.2, 0) is 20.8 Å². The maximum atomic E-state index is 11.6. The predicted octanol–water partition coefficient (Wildman–Crippen LogP) is 1.67. The Hall–Kier alpha value is -2.44. The fourth-order valence-electron chi connectivity index (χ4n) is 2.44. The van der Waals surface area contributed by atoms with Crippen LogP contribution in [0.15, 0.2) is 17.3 Å². The summed E-state index contributed by atoms with van der Waals surface area (Å²) in [6, 6.07) is 3.76. The number of esters is 1. The highest BCUT2D eigenvalue weighted by Gasteiger charge is 2.28. The van der Waals surface area contributed by atoms with Crippen molar-refractivity contribution >= 4 is 11.7 Å². The van der Waals surface area contributed by atoms with E-state index < -0.39 is 5.97 Å². The van der Waals surface area contributed by atoms with Gasteiger partial charge in [0.15, 0.2) is 17.2 Å². The third kappa shape index (κ3) is 2.79. The quantitative estimate of drug-likeness (QED) is 0.770. The van der Waals surface area contributed by atoms with Crippen LogP contribution in [0.2, 0.25) is 0 Å². The van der Waals surface area contributed by atoms with E-state index in [2.05, 4.69) is 5.16 Å². The molecule has 0 unspecified atom stereocenters. The molecule has 3 rings (SSSR count). The van der Waals surface area contributed by atoms with E-state index >= 15 is 0 Å². The van der Waals surface area contributed by atoms with Gasteiger partial charge in [0.2, 0.25) is 12.5 Å². The highest BCUT2D eigenvalue weighted by Crippen LogP contribution is 2.42. The summed E-state index contributed by atoms with van der Waals surface area (Å²) in [6.07, 6.45) is 0.805. The van der Waals surface area contributed by atoms with E-state index in [1.807, 2.05) is 12.1 Å². The fraction of sp³-hybridized carbons (Fsp3) is 0.467. The Balaban J connectivity index is 1.67. The maximum absolute atomic E-state index is 11.6.